The van der Waals surface area contributed by atoms with Crippen molar-refractivity contribution in [3.63, 3.8) is 0 Å². The fourth-order valence-electron chi connectivity index (χ4n) is 1.98. The molecule has 2 aliphatic rings. The predicted octanol–water partition coefficient (Wildman–Crippen LogP) is 1.46. The summed E-state index contributed by atoms with van der Waals surface area (Å²) in [6.45, 7) is 0. The van der Waals surface area contributed by atoms with Gasteiger partial charge in [0.2, 0.25) is 0 Å². The van der Waals surface area contributed by atoms with E-state index in [2.05, 4.69) is 6.41 Å². The molecule has 2 heteroatoms. The zero-order chi connectivity index (χ0) is 7.68. The van der Waals surface area contributed by atoms with Gasteiger partial charge in [-0.2, -0.15) is 0 Å². The fraction of sp³-hybridized carbons (Fsp3) is 0.889. The van der Waals surface area contributed by atoms with E-state index in [4.69, 9.17) is 0 Å². The Balaban J connectivity index is 1.92. The first-order valence-electron chi connectivity index (χ1n) is 4.58. The first-order chi connectivity index (χ1) is 5.42. The largest absolute Gasteiger partial charge is 0.328 e. The molecule has 0 aliphatic heterocycles. The summed E-state index contributed by atoms with van der Waals surface area (Å²) in [4.78, 5) is 12.5. The van der Waals surface area contributed by atoms with Gasteiger partial charge >= 0.3 is 6.41 Å². The van der Waals surface area contributed by atoms with E-state index in [0.717, 1.165) is 0 Å². The second-order valence-corrected chi connectivity index (χ2v) is 3.67. The van der Waals surface area contributed by atoms with Gasteiger partial charge in [-0.1, -0.05) is 12.8 Å². The van der Waals surface area contributed by atoms with Crippen LogP contribution in [0.15, 0.2) is 0 Å². The lowest BCUT2D eigenvalue weighted by Crippen LogP contribution is -2.33. The molecule has 2 nitrogen and oxygen atoms in total. The van der Waals surface area contributed by atoms with E-state index >= 15 is 0 Å². The molecule has 0 heterocycles. The summed E-state index contributed by atoms with van der Waals surface area (Å²) in [7, 11) is 0. The third kappa shape index (κ3) is 1.39. The topological polar surface area (TPSA) is 20.3 Å². The number of rotatable bonds is 3. The molecule has 0 spiro atoms. The summed E-state index contributed by atoms with van der Waals surface area (Å²) in [5.41, 5.74) is 0. The number of nitrogens with zero attached hydrogens (tertiary/aromatic N) is 1. The molecule has 61 valence electrons. The highest BCUT2D eigenvalue weighted by molar-refractivity contribution is 5.50. The molecule has 1 radical (unpaired) electrons. The quantitative estimate of drug-likeness (QED) is 0.561. The van der Waals surface area contributed by atoms with Crippen LogP contribution >= 0.6 is 0 Å². The standard InChI is InChI=1S/C9H14NO/c11-7-10(9-5-6-9)8-3-1-2-4-8/h8-9H,1-6H2. The molecule has 0 aromatic heterocycles. The molecular weight excluding hydrogens is 138 g/mol. The van der Waals surface area contributed by atoms with Gasteiger partial charge in [0.25, 0.3) is 0 Å². The molecule has 0 unspecified atom stereocenters. The van der Waals surface area contributed by atoms with Gasteiger partial charge in [0, 0.05) is 12.1 Å². The molecule has 0 bridgehead atoms. The van der Waals surface area contributed by atoms with E-state index in [9.17, 15) is 4.79 Å². The van der Waals surface area contributed by atoms with Gasteiger partial charge in [-0.3, -0.25) is 4.79 Å². The Hall–Kier alpha value is -0.530. The third-order valence-corrected chi connectivity index (χ3v) is 2.76. The van der Waals surface area contributed by atoms with Gasteiger partial charge in [0.05, 0.1) is 0 Å². The molecule has 0 aromatic carbocycles. The van der Waals surface area contributed by atoms with Crippen LogP contribution in [-0.4, -0.2) is 23.4 Å². The Morgan fingerprint density at radius 2 is 1.55 bits per heavy atom. The van der Waals surface area contributed by atoms with Crippen molar-refractivity contribution in [2.75, 3.05) is 0 Å². The third-order valence-electron chi connectivity index (χ3n) is 2.76. The van der Waals surface area contributed by atoms with Crippen molar-refractivity contribution >= 4 is 6.41 Å². The van der Waals surface area contributed by atoms with Gasteiger partial charge in [-0.15, -0.1) is 0 Å². The van der Waals surface area contributed by atoms with Gasteiger partial charge in [-0.05, 0) is 25.7 Å². The van der Waals surface area contributed by atoms with Crippen LogP contribution < -0.4 is 0 Å². The van der Waals surface area contributed by atoms with Crippen LogP contribution in [0.25, 0.3) is 0 Å². The second-order valence-electron chi connectivity index (χ2n) is 3.67. The SMILES string of the molecule is O=[C]N(C1CCCC1)C1CC1. The Labute approximate surface area is 67.6 Å². The van der Waals surface area contributed by atoms with Crippen molar-refractivity contribution in [3.8, 4) is 0 Å². The van der Waals surface area contributed by atoms with Crippen LogP contribution in [0.1, 0.15) is 38.5 Å². The minimum Gasteiger partial charge on any atom is -0.328 e. The van der Waals surface area contributed by atoms with Crippen LogP contribution in [0.3, 0.4) is 0 Å². The van der Waals surface area contributed by atoms with E-state index < -0.39 is 0 Å². The average Bonchev–Trinajstić information content (AvgIpc) is 2.68. The Bertz CT molecular complexity index is 148. The number of hydrogen-bond acceptors (Lipinski definition) is 1. The summed E-state index contributed by atoms with van der Waals surface area (Å²) in [5, 5.41) is 0. The van der Waals surface area contributed by atoms with Crippen molar-refractivity contribution in [1.82, 2.24) is 4.90 Å². The average molecular weight is 152 g/mol. The Kier molecular flexibility index (Phi) is 1.84. The number of hydrogen-bond donors (Lipinski definition) is 0. The number of carbonyl (C=O) groups excluding carboxylic acids is 1. The van der Waals surface area contributed by atoms with Crippen LogP contribution in [0.5, 0.6) is 0 Å². The molecule has 2 saturated carbocycles. The lowest BCUT2D eigenvalue weighted by molar-refractivity contribution is 0.287. The van der Waals surface area contributed by atoms with Crippen molar-refractivity contribution < 1.29 is 4.79 Å². The molecule has 2 aliphatic carbocycles. The maximum atomic E-state index is 10.6. The fourth-order valence-corrected chi connectivity index (χ4v) is 1.98. The van der Waals surface area contributed by atoms with Crippen molar-refractivity contribution in [1.29, 1.82) is 0 Å². The zero-order valence-corrected chi connectivity index (χ0v) is 6.75. The lowest BCUT2D eigenvalue weighted by Gasteiger charge is -2.22. The van der Waals surface area contributed by atoms with Gasteiger partial charge in [0.15, 0.2) is 0 Å². The molecule has 0 N–H and O–H groups in total. The van der Waals surface area contributed by atoms with Crippen LogP contribution in [0, 0.1) is 0 Å². The summed E-state index contributed by atoms with van der Waals surface area (Å²) < 4.78 is 0. The van der Waals surface area contributed by atoms with Crippen LogP contribution in [-0.2, 0) is 4.79 Å². The van der Waals surface area contributed by atoms with E-state index in [1.807, 2.05) is 4.90 Å². The van der Waals surface area contributed by atoms with E-state index in [-0.39, 0.29) is 0 Å². The minimum atomic E-state index is 0.542. The second kappa shape index (κ2) is 2.84. The molecule has 0 atom stereocenters. The normalized spacial score (nSPS) is 25.5. The maximum absolute atomic E-state index is 10.6. The molecular formula is C9H14NO. The monoisotopic (exact) mass is 152 g/mol. The highest BCUT2D eigenvalue weighted by Gasteiger charge is 2.34. The summed E-state index contributed by atoms with van der Waals surface area (Å²) in [6.07, 6.45) is 9.55. The van der Waals surface area contributed by atoms with Crippen molar-refractivity contribution in [2.24, 2.45) is 0 Å². The number of amides is 1. The van der Waals surface area contributed by atoms with Gasteiger partial charge < -0.3 is 4.90 Å². The molecule has 0 saturated heterocycles. The first-order valence-corrected chi connectivity index (χ1v) is 4.58. The molecule has 11 heavy (non-hydrogen) atoms. The van der Waals surface area contributed by atoms with Gasteiger partial charge in [0.1, 0.15) is 0 Å². The van der Waals surface area contributed by atoms with E-state index in [1.54, 1.807) is 0 Å². The predicted molar refractivity (Wildman–Crippen MR) is 42.8 cm³/mol. The van der Waals surface area contributed by atoms with Gasteiger partial charge in [-0.25, -0.2) is 0 Å². The Morgan fingerprint density at radius 1 is 1.00 bits per heavy atom. The minimum absolute atomic E-state index is 0.542. The van der Waals surface area contributed by atoms with Crippen molar-refractivity contribution in [2.45, 2.75) is 50.6 Å². The highest BCUT2D eigenvalue weighted by Crippen LogP contribution is 2.32. The summed E-state index contributed by atoms with van der Waals surface area (Å²) >= 11 is 0. The molecule has 1 amide bonds. The summed E-state index contributed by atoms with van der Waals surface area (Å²) in [6, 6.07) is 1.11. The smallest absolute Gasteiger partial charge is 0.312 e. The Morgan fingerprint density at radius 3 is 2.00 bits per heavy atom. The maximum Gasteiger partial charge on any atom is 0.312 e. The molecule has 0 aromatic rings. The highest BCUT2D eigenvalue weighted by atomic mass is 16.1. The molecule has 2 rings (SSSR count). The van der Waals surface area contributed by atoms with Crippen LogP contribution in [0.2, 0.25) is 0 Å². The molecule has 2 fully saturated rings. The zero-order valence-electron chi connectivity index (χ0n) is 6.75. The van der Waals surface area contributed by atoms with E-state index in [0.29, 0.717) is 12.1 Å². The van der Waals surface area contributed by atoms with Crippen molar-refractivity contribution in [3.05, 3.63) is 0 Å². The lowest BCUT2D eigenvalue weighted by atomic mass is 10.2. The first kappa shape index (κ1) is 7.14. The van der Waals surface area contributed by atoms with E-state index in [1.165, 1.54) is 38.5 Å². The van der Waals surface area contributed by atoms with Crippen LogP contribution in [0.4, 0.5) is 0 Å². The summed E-state index contributed by atoms with van der Waals surface area (Å²) in [5.74, 6) is 0.